The molecular formula is C17H25N3O. The molecule has 1 N–H and O–H groups in total. The Morgan fingerprint density at radius 1 is 1.29 bits per heavy atom. The Labute approximate surface area is 126 Å². The van der Waals surface area contributed by atoms with Gasteiger partial charge in [-0.15, -0.1) is 0 Å². The molecule has 1 aromatic heterocycles. The number of carbonyl (C=O) groups is 1. The van der Waals surface area contributed by atoms with E-state index in [0.717, 1.165) is 36.1 Å². The molecule has 0 radical (unpaired) electrons. The van der Waals surface area contributed by atoms with Crippen molar-refractivity contribution in [3.63, 3.8) is 0 Å². The molecule has 114 valence electrons. The molecule has 0 saturated heterocycles. The summed E-state index contributed by atoms with van der Waals surface area (Å²) in [5.41, 5.74) is 1.83. The zero-order valence-electron chi connectivity index (χ0n) is 13.4. The molecule has 0 bridgehead atoms. The van der Waals surface area contributed by atoms with Crippen LogP contribution >= 0.6 is 0 Å². The molecular weight excluding hydrogens is 262 g/mol. The molecule has 0 fully saturated rings. The fourth-order valence-electron chi connectivity index (χ4n) is 2.37. The summed E-state index contributed by atoms with van der Waals surface area (Å²) in [6.07, 6.45) is 2.82. The predicted molar refractivity (Wildman–Crippen MR) is 86.2 cm³/mol. The van der Waals surface area contributed by atoms with Crippen molar-refractivity contribution in [2.24, 2.45) is 0 Å². The molecule has 0 aliphatic heterocycles. The van der Waals surface area contributed by atoms with Crippen LogP contribution < -0.4 is 5.32 Å². The first-order valence-corrected chi connectivity index (χ1v) is 7.72. The van der Waals surface area contributed by atoms with Gasteiger partial charge in [0.1, 0.15) is 12.4 Å². The number of para-hydroxylation sites is 2. The van der Waals surface area contributed by atoms with Crippen LogP contribution in [0.4, 0.5) is 0 Å². The minimum absolute atomic E-state index is 0.0438. The van der Waals surface area contributed by atoms with Gasteiger partial charge in [-0.2, -0.15) is 0 Å². The molecule has 0 aliphatic carbocycles. The predicted octanol–water partition coefficient (Wildman–Crippen LogP) is 3.29. The summed E-state index contributed by atoms with van der Waals surface area (Å²) >= 11 is 0. The largest absolute Gasteiger partial charge is 0.350 e. The molecule has 4 nitrogen and oxygen atoms in total. The van der Waals surface area contributed by atoms with E-state index in [-0.39, 0.29) is 11.4 Å². The SMILES string of the molecule is CCCc1nc2ccccc2n1CC(=O)NC(C)(C)CC. The summed E-state index contributed by atoms with van der Waals surface area (Å²) < 4.78 is 2.04. The third kappa shape index (κ3) is 3.63. The summed E-state index contributed by atoms with van der Waals surface area (Å²) in [5, 5.41) is 3.09. The van der Waals surface area contributed by atoms with Gasteiger partial charge in [0.15, 0.2) is 0 Å². The fraction of sp³-hybridized carbons (Fsp3) is 0.529. The molecule has 0 saturated carbocycles. The van der Waals surface area contributed by atoms with E-state index in [2.05, 4.69) is 24.1 Å². The highest BCUT2D eigenvalue weighted by molar-refractivity contribution is 5.81. The van der Waals surface area contributed by atoms with Crippen molar-refractivity contribution >= 4 is 16.9 Å². The second kappa shape index (κ2) is 6.29. The summed E-state index contributed by atoms with van der Waals surface area (Å²) in [4.78, 5) is 17.0. The van der Waals surface area contributed by atoms with Crippen LogP contribution in [0.3, 0.4) is 0 Å². The van der Waals surface area contributed by atoms with Gasteiger partial charge in [-0.1, -0.05) is 26.0 Å². The number of hydrogen-bond acceptors (Lipinski definition) is 2. The van der Waals surface area contributed by atoms with Crippen molar-refractivity contribution in [3.8, 4) is 0 Å². The van der Waals surface area contributed by atoms with E-state index >= 15 is 0 Å². The first-order valence-electron chi connectivity index (χ1n) is 7.72. The van der Waals surface area contributed by atoms with E-state index in [1.54, 1.807) is 0 Å². The summed E-state index contributed by atoms with van der Waals surface area (Å²) in [5.74, 6) is 1.03. The molecule has 2 aromatic rings. The molecule has 0 unspecified atom stereocenters. The second-order valence-corrected chi connectivity index (χ2v) is 6.14. The van der Waals surface area contributed by atoms with E-state index in [0.29, 0.717) is 6.54 Å². The zero-order valence-corrected chi connectivity index (χ0v) is 13.4. The minimum atomic E-state index is -0.168. The number of nitrogens with zero attached hydrogens (tertiary/aromatic N) is 2. The van der Waals surface area contributed by atoms with Crippen molar-refractivity contribution in [2.75, 3.05) is 0 Å². The molecule has 1 heterocycles. The normalized spacial score (nSPS) is 11.8. The van der Waals surface area contributed by atoms with Gasteiger partial charge >= 0.3 is 0 Å². The highest BCUT2D eigenvalue weighted by atomic mass is 16.2. The number of aryl methyl sites for hydroxylation is 1. The van der Waals surface area contributed by atoms with Crippen LogP contribution in [0.25, 0.3) is 11.0 Å². The van der Waals surface area contributed by atoms with Crippen LogP contribution in [0.5, 0.6) is 0 Å². The van der Waals surface area contributed by atoms with Gasteiger partial charge < -0.3 is 9.88 Å². The van der Waals surface area contributed by atoms with Gasteiger partial charge in [0, 0.05) is 12.0 Å². The van der Waals surface area contributed by atoms with E-state index in [1.165, 1.54) is 0 Å². The van der Waals surface area contributed by atoms with Crippen molar-refractivity contribution in [1.82, 2.24) is 14.9 Å². The Morgan fingerprint density at radius 3 is 2.67 bits per heavy atom. The Balaban J connectivity index is 2.28. The van der Waals surface area contributed by atoms with Crippen molar-refractivity contribution in [1.29, 1.82) is 0 Å². The lowest BCUT2D eigenvalue weighted by atomic mass is 10.0. The standard InChI is InChI=1S/C17H25N3O/c1-5-9-15-18-13-10-7-8-11-14(13)20(15)12-16(21)19-17(3,4)6-2/h7-8,10-11H,5-6,9,12H2,1-4H3,(H,19,21). The average molecular weight is 287 g/mol. The number of amides is 1. The van der Waals surface area contributed by atoms with Gasteiger partial charge in [0.05, 0.1) is 11.0 Å². The van der Waals surface area contributed by atoms with Crippen LogP contribution in [0.15, 0.2) is 24.3 Å². The van der Waals surface area contributed by atoms with Crippen molar-refractivity contribution in [3.05, 3.63) is 30.1 Å². The van der Waals surface area contributed by atoms with Gasteiger partial charge in [-0.3, -0.25) is 4.79 Å². The Morgan fingerprint density at radius 2 is 2.00 bits per heavy atom. The fourth-order valence-corrected chi connectivity index (χ4v) is 2.37. The maximum atomic E-state index is 12.3. The highest BCUT2D eigenvalue weighted by Crippen LogP contribution is 2.17. The lowest BCUT2D eigenvalue weighted by Gasteiger charge is -2.24. The van der Waals surface area contributed by atoms with Crippen LogP contribution in [0, 0.1) is 0 Å². The molecule has 1 amide bonds. The Hall–Kier alpha value is -1.84. The van der Waals surface area contributed by atoms with Gasteiger partial charge in [-0.05, 0) is 38.8 Å². The zero-order chi connectivity index (χ0) is 15.5. The second-order valence-electron chi connectivity index (χ2n) is 6.14. The topological polar surface area (TPSA) is 46.9 Å². The summed E-state index contributed by atoms with van der Waals surface area (Å²) in [7, 11) is 0. The first kappa shape index (κ1) is 15.5. The van der Waals surface area contributed by atoms with Crippen LogP contribution in [-0.4, -0.2) is 21.0 Å². The third-order valence-electron chi connectivity index (χ3n) is 3.87. The number of nitrogens with one attached hydrogen (secondary N) is 1. The number of benzene rings is 1. The van der Waals surface area contributed by atoms with E-state index in [9.17, 15) is 4.79 Å². The molecule has 4 heteroatoms. The number of hydrogen-bond donors (Lipinski definition) is 1. The summed E-state index contributed by atoms with van der Waals surface area (Å²) in [6, 6.07) is 8.00. The average Bonchev–Trinajstić information content (AvgIpc) is 2.77. The lowest BCUT2D eigenvalue weighted by Crippen LogP contribution is -2.44. The summed E-state index contributed by atoms with van der Waals surface area (Å²) in [6.45, 7) is 8.63. The van der Waals surface area contributed by atoms with Crippen LogP contribution in [0.1, 0.15) is 46.4 Å². The molecule has 0 aliphatic rings. The number of imidazole rings is 1. The van der Waals surface area contributed by atoms with Crippen LogP contribution in [0.2, 0.25) is 0 Å². The van der Waals surface area contributed by atoms with Crippen LogP contribution in [-0.2, 0) is 17.8 Å². The molecule has 0 atom stereocenters. The Bertz CT molecular complexity index is 628. The quantitative estimate of drug-likeness (QED) is 0.886. The molecule has 1 aromatic carbocycles. The first-order chi connectivity index (χ1) is 9.96. The maximum absolute atomic E-state index is 12.3. The molecule has 21 heavy (non-hydrogen) atoms. The lowest BCUT2D eigenvalue weighted by molar-refractivity contribution is -0.123. The van der Waals surface area contributed by atoms with Gasteiger partial charge in [0.25, 0.3) is 0 Å². The number of fused-ring (bicyclic) bond motifs is 1. The smallest absolute Gasteiger partial charge is 0.240 e. The van der Waals surface area contributed by atoms with E-state index < -0.39 is 0 Å². The molecule has 2 rings (SSSR count). The Kier molecular flexibility index (Phi) is 4.66. The third-order valence-corrected chi connectivity index (χ3v) is 3.87. The monoisotopic (exact) mass is 287 g/mol. The van der Waals surface area contributed by atoms with E-state index in [1.807, 2.05) is 42.7 Å². The van der Waals surface area contributed by atoms with Gasteiger partial charge in [0.2, 0.25) is 5.91 Å². The highest BCUT2D eigenvalue weighted by Gasteiger charge is 2.19. The number of rotatable bonds is 6. The number of aromatic nitrogens is 2. The molecule has 0 spiro atoms. The van der Waals surface area contributed by atoms with Crippen molar-refractivity contribution in [2.45, 2.75) is 59.0 Å². The van der Waals surface area contributed by atoms with Gasteiger partial charge in [-0.25, -0.2) is 4.98 Å². The minimum Gasteiger partial charge on any atom is -0.350 e. The van der Waals surface area contributed by atoms with Crippen molar-refractivity contribution < 1.29 is 4.79 Å². The number of carbonyl (C=O) groups excluding carboxylic acids is 1. The maximum Gasteiger partial charge on any atom is 0.240 e. The van der Waals surface area contributed by atoms with E-state index in [4.69, 9.17) is 0 Å².